The zero-order chi connectivity index (χ0) is 16.7. The molecule has 0 saturated heterocycles. The van der Waals surface area contributed by atoms with Crippen LogP contribution in [0.1, 0.15) is 16.7 Å². The van der Waals surface area contributed by atoms with Gasteiger partial charge in [-0.15, -0.1) is 0 Å². The van der Waals surface area contributed by atoms with E-state index in [0.29, 0.717) is 30.5 Å². The third kappa shape index (κ3) is 4.67. The largest absolute Gasteiger partial charge is 0.481 e. The van der Waals surface area contributed by atoms with Crippen LogP contribution in [-0.4, -0.2) is 25.1 Å². The lowest BCUT2D eigenvalue weighted by Crippen LogP contribution is -2.36. The van der Waals surface area contributed by atoms with Crippen molar-refractivity contribution >= 4 is 5.96 Å². The molecule has 0 fully saturated rings. The van der Waals surface area contributed by atoms with Crippen molar-refractivity contribution in [1.29, 1.82) is 0 Å². The quantitative estimate of drug-likeness (QED) is 0.657. The van der Waals surface area contributed by atoms with Crippen molar-refractivity contribution in [2.24, 2.45) is 4.99 Å². The Morgan fingerprint density at radius 1 is 1.26 bits per heavy atom. The maximum Gasteiger partial charge on any atom is 0.218 e. The average Bonchev–Trinajstić information content (AvgIpc) is 2.58. The van der Waals surface area contributed by atoms with Gasteiger partial charge in [0.25, 0.3) is 0 Å². The molecule has 2 aromatic rings. The molecule has 0 saturated carbocycles. The molecule has 0 aliphatic carbocycles. The number of hydrogen-bond donors (Lipinski definition) is 2. The van der Waals surface area contributed by atoms with Gasteiger partial charge < -0.3 is 15.4 Å². The number of nitrogens with zero attached hydrogens (tertiary/aromatic N) is 2. The van der Waals surface area contributed by atoms with E-state index >= 15 is 0 Å². The maximum atomic E-state index is 13.5. The minimum Gasteiger partial charge on any atom is -0.481 e. The molecule has 0 aliphatic rings. The number of methoxy groups -OCH3 is 1. The summed E-state index contributed by atoms with van der Waals surface area (Å²) in [5.41, 5.74) is 2.43. The molecule has 1 aromatic carbocycles. The number of benzene rings is 1. The molecule has 0 atom stereocenters. The smallest absolute Gasteiger partial charge is 0.218 e. The van der Waals surface area contributed by atoms with Crippen LogP contribution >= 0.6 is 0 Å². The number of nitrogens with one attached hydrogen (secondary N) is 2. The highest BCUT2D eigenvalue weighted by Gasteiger charge is 2.05. The van der Waals surface area contributed by atoms with Crippen molar-refractivity contribution in [3.63, 3.8) is 0 Å². The van der Waals surface area contributed by atoms with Gasteiger partial charge in [0.1, 0.15) is 5.82 Å². The Bertz CT molecular complexity index is 688. The molecular weight excluding hydrogens is 295 g/mol. The van der Waals surface area contributed by atoms with E-state index < -0.39 is 0 Å². The molecular formula is C17H21FN4O. The summed E-state index contributed by atoms with van der Waals surface area (Å²) in [7, 11) is 3.27. The molecule has 2 N–H and O–H groups in total. The van der Waals surface area contributed by atoms with E-state index in [0.717, 1.165) is 11.1 Å². The molecule has 1 aromatic heterocycles. The van der Waals surface area contributed by atoms with Crippen LogP contribution < -0.4 is 15.4 Å². The fraction of sp³-hybridized carbons (Fsp3) is 0.294. The van der Waals surface area contributed by atoms with E-state index in [1.165, 1.54) is 6.07 Å². The summed E-state index contributed by atoms with van der Waals surface area (Å²) in [5, 5.41) is 6.33. The van der Waals surface area contributed by atoms with Crippen LogP contribution in [-0.2, 0) is 13.1 Å². The fourth-order valence-electron chi connectivity index (χ4n) is 2.07. The summed E-state index contributed by atoms with van der Waals surface area (Å²) in [6.45, 7) is 2.76. The van der Waals surface area contributed by atoms with Crippen LogP contribution in [0.3, 0.4) is 0 Å². The molecule has 23 heavy (non-hydrogen) atoms. The minimum absolute atomic E-state index is 0.202. The van der Waals surface area contributed by atoms with E-state index in [9.17, 15) is 4.39 Å². The molecule has 0 aliphatic heterocycles. The third-order valence-electron chi connectivity index (χ3n) is 3.41. The number of ether oxygens (including phenoxy) is 1. The molecule has 6 heteroatoms. The van der Waals surface area contributed by atoms with Gasteiger partial charge in [-0.25, -0.2) is 9.37 Å². The predicted octanol–water partition coefficient (Wildman–Crippen LogP) is 2.40. The topological polar surface area (TPSA) is 58.5 Å². The number of pyridine rings is 1. The Labute approximate surface area is 135 Å². The first-order chi connectivity index (χ1) is 11.1. The predicted molar refractivity (Wildman–Crippen MR) is 89.0 cm³/mol. The van der Waals surface area contributed by atoms with Crippen molar-refractivity contribution in [2.45, 2.75) is 20.0 Å². The van der Waals surface area contributed by atoms with E-state index in [-0.39, 0.29) is 5.82 Å². The van der Waals surface area contributed by atoms with Gasteiger partial charge in [-0.05, 0) is 30.2 Å². The lowest BCUT2D eigenvalue weighted by Gasteiger charge is -2.13. The Morgan fingerprint density at radius 2 is 2.04 bits per heavy atom. The number of aliphatic imine (C=N–C) groups is 1. The van der Waals surface area contributed by atoms with Gasteiger partial charge in [0.2, 0.25) is 5.88 Å². The molecule has 122 valence electrons. The standard InChI is InChI=1S/C17H21FN4O/c1-12-6-7-13(9-15(12)18)10-21-17(19-2)22-11-14-5-4-8-20-16(14)23-3/h4-9H,10-11H2,1-3H3,(H2,19,21,22). The van der Waals surface area contributed by atoms with Crippen molar-refractivity contribution < 1.29 is 9.13 Å². The highest BCUT2D eigenvalue weighted by molar-refractivity contribution is 5.79. The average molecular weight is 316 g/mol. The zero-order valence-electron chi connectivity index (χ0n) is 13.6. The summed E-state index contributed by atoms with van der Waals surface area (Å²) < 4.78 is 18.8. The van der Waals surface area contributed by atoms with Crippen LogP contribution in [0.5, 0.6) is 5.88 Å². The molecule has 0 spiro atoms. The Hall–Kier alpha value is -2.63. The number of aryl methyl sites for hydroxylation is 1. The molecule has 2 rings (SSSR count). The Balaban J connectivity index is 1.92. The maximum absolute atomic E-state index is 13.5. The van der Waals surface area contributed by atoms with Gasteiger partial charge in [0, 0.05) is 31.9 Å². The minimum atomic E-state index is -0.202. The molecule has 0 amide bonds. The van der Waals surface area contributed by atoms with E-state index in [2.05, 4.69) is 20.6 Å². The second kappa shape index (κ2) is 8.12. The molecule has 1 heterocycles. The normalized spacial score (nSPS) is 11.2. The van der Waals surface area contributed by atoms with Crippen LogP contribution in [0.15, 0.2) is 41.5 Å². The summed E-state index contributed by atoms with van der Waals surface area (Å²) in [6, 6.07) is 8.97. The lowest BCUT2D eigenvalue weighted by molar-refractivity contribution is 0.392. The van der Waals surface area contributed by atoms with Crippen molar-refractivity contribution in [3.05, 3.63) is 59.0 Å². The molecule has 0 unspecified atom stereocenters. The SMILES string of the molecule is CN=C(NCc1ccc(C)c(F)c1)NCc1cccnc1OC. The first-order valence-corrected chi connectivity index (χ1v) is 7.31. The van der Waals surface area contributed by atoms with Crippen LogP contribution in [0.25, 0.3) is 0 Å². The van der Waals surface area contributed by atoms with E-state index in [1.54, 1.807) is 33.3 Å². The second-order valence-corrected chi connectivity index (χ2v) is 5.03. The summed E-state index contributed by atoms with van der Waals surface area (Å²) in [5.74, 6) is 1.00. The van der Waals surface area contributed by atoms with Gasteiger partial charge in [-0.2, -0.15) is 0 Å². The summed E-state index contributed by atoms with van der Waals surface area (Å²) in [4.78, 5) is 8.30. The number of halogens is 1. The first kappa shape index (κ1) is 16.7. The Kier molecular flexibility index (Phi) is 5.91. The van der Waals surface area contributed by atoms with Crippen LogP contribution in [0, 0.1) is 12.7 Å². The number of guanidine groups is 1. The van der Waals surface area contributed by atoms with Gasteiger partial charge >= 0.3 is 0 Å². The molecule has 5 nitrogen and oxygen atoms in total. The van der Waals surface area contributed by atoms with Gasteiger partial charge in [0.05, 0.1) is 7.11 Å². The molecule has 0 radical (unpaired) electrons. The van der Waals surface area contributed by atoms with E-state index in [4.69, 9.17) is 4.74 Å². The number of hydrogen-bond acceptors (Lipinski definition) is 3. The molecule has 0 bridgehead atoms. The number of aromatic nitrogens is 1. The monoisotopic (exact) mass is 316 g/mol. The Morgan fingerprint density at radius 3 is 2.74 bits per heavy atom. The lowest BCUT2D eigenvalue weighted by atomic mass is 10.1. The van der Waals surface area contributed by atoms with Gasteiger partial charge in [-0.3, -0.25) is 4.99 Å². The highest BCUT2D eigenvalue weighted by atomic mass is 19.1. The fourth-order valence-corrected chi connectivity index (χ4v) is 2.07. The number of rotatable bonds is 5. The first-order valence-electron chi connectivity index (χ1n) is 7.31. The second-order valence-electron chi connectivity index (χ2n) is 5.03. The summed E-state index contributed by atoms with van der Waals surface area (Å²) in [6.07, 6.45) is 1.68. The van der Waals surface area contributed by atoms with Crippen molar-refractivity contribution in [3.8, 4) is 5.88 Å². The highest BCUT2D eigenvalue weighted by Crippen LogP contribution is 2.12. The zero-order valence-corrected chi connectivity index (χ0v) is 13.6. The third-order valence-corrected chi connectivity index (χ3v) is 3.41. The van der Waals surface area contributed by atoms with E-state index in [1.807, 2.05) is 18.2 Å². The summed E-state index contributed by atoms with van der Waals surface area (Å²) >= 11 is 0. The van der Waals surface area contributed by atoms with Crippen LogP contribution in [0.2, 0.25) is 0 Å². The van der Waals surface area contributed by atoms with Crippen LogP contribution in [0.4, 0.5) is 4.39 Å². The van der Waals surface area contributed by atoms with Crippen molar-refractivity contribution in [2.75, 3.05) is 14.2 Å². The van der Waals surface area contributed by atoms with Gasteiger partial charge in [-0.1, -0.05) is 18.2 Å². The van der Waals surface area contributed by atoms with Gasteiger partial charge in [0.15, 0.2) is 5.96 Å². The van der Waals surface area contributed by atoms with Crippen molar-refractivity contribution in [1.82, 2.24) is 15.6 Å².